The number of hydrogen-bond donors (Lipinski definition) is 1. The van der Waals surface area contributed by atoms with Crippen LogP contribution in [-0.2, 0) is 9.53 Å². The van der Waals surface area contributed by atoms with Crippen molar-refractivity contribution in [3.8, 4) is 0 Å². The van der Waals surface area contributed by atoms with Crippen LogP contribution in [0.3, 0.4) is 0 Å². The normalized spacial score (nSPS) is 8.25. The van der Waals surface area contributed by atoms with Crippen LogP contribution in [0.15, 0.2) is 0 Å². The summed E-state index contributed by atoms with van der Waals surface area (Å²) in [5.41, 5.74) is -0.318. The molecule has 76 valence electrons. The predicted molar refractivity (Wildman–Crippen MR) is 53.2 cm³/mol. The molecule has 0 saturated carbocycles. The van der Waals surface area contributed by atoms with Gasteiger partial charge in [-0.3, -0.25) is 4.79 Å². The monoisotopic (exact) mass is 177 g/mol. The summed E-state index contributed by atoms with van der Waals surface area (Å²) in [4.78, 5) is 9.60. The average Bonchev–Trinajstić information content (AvgIpc) is 1.91. The van der Waals surface area contributed by atoms with Crippen molar-refractivity contribution in [3.05, 3.63) is 0 Å². The number of ether oxygens (including phenoxy) is 1. The Morgan fingerprint density at radius 3 is 1.42 bits per heavy atom. The molecule has 0 aliphatic carbocycles. The van der Waals surface area contributed by atoms with Crippen molar-refractivity contribution >= 4 is 6.47 Å². The van der Waals surface area contributed by atoms with Crippen LogP contribution in [0.2, 0.25) is 0 Å². The lowest BCUT2D eigenvalue weighted by molar-refractivity contribution is -0.138. The lowest BCUT2D eigenvalue weighted by Gasteiger charge is -2.14. The zero-order valence-electron chi connectivity index (χ0n) is 9.39. The van der Waals surface area contributed by atoms with E-state index in [0.717, 1.165) is 0 Å². The standard InChI is InChI=1S/C5H10O2.C2H7N.C2H6/c1-5(2,3)7-4-6;1-3-2;1-2/h4H,1-3H3;3H,1-2H3;1-2H3. The Bertz CT molecular complexity index is 77.1. The largest absolute Gasteiger partial charge is 0.462 e. The maximum Gasteiger partial charge on any atom is 0.293 e. The third kappa shape index (κ3) is 57.0. The molecule has 1 N–H and O–H groups in total. The van der Waals surface area contributed by atoms with E-state index in [2.05, 4.69) is 10.1 Å². The van der Waals surface area contributed by atoms with Gasteiger partial charge in [0.1, 0.15) is 5.60 Å². The number of carbonyl (C=O) groups is 1. The van der Waals surface area contributed by atoms with Crippen LogP contribution in [0.25, 0.3) is 0 Å². The lowest BCUT2D eigenvalue weighted by atomic mass is 10.2. The molecule has 0 aromatic carbocycles. The van der Waals surface area contributed by atoms with Crippen molar-refractivity contribution < 1.29 is 9.53 Å². The Hall–Kier alpha value is -0.570. The minimum absolute atomic E-state index is 0.318. The Morgan fingerprint density at radius 1 is 1.17 bits per heavy atom. The second kappa shape index (κ2) is 13.1. The summed E-state index contributed by atoms with van der Waals surface area (Å²) in [6.07, 6.45) is 0. The van der Waals surface area contributed by atoms with Crippen molar-refractivity contribution in [1.29, 1.82) is 0 Å². The van der Waals surface area contributed by atoms with E-state index in [1.165, 1.54) is 0 Å². The van der Waals surface area contributed by atoms with Gasteiger partial charge < -0.3 is 10.1 Å². The van der Waals surface area contributed by atoms with Gasteiger partial charge in [-0.05, 0) is 34.9 Å². The molecule has 0 aromatic heterocycles. The highest BCUT2D eigenvalue weighted by Crippen LogP contribution is 2.02. The molecule has 0 spiro atoms. The number of carbonyl (C=O) groups excluding carboxylic acids is 1. The van der Waals surface area contributed by atoms with Crippen LogP contribution >= 0.6 is 0 Å². The van der Waals surface area contributed by atoms with Gasteiger partial charge >= 0.3 is 0 Å². The summed E-state index contributed by atoms with van der Waals surface area (Å²) in [6.45, 7) is 9.92. The molecule has 0 heterocycles. The Kier molecular flexibility index (Phi) is 19.0. The molecule has 0 rings (SSSR count). The van der Waals surface area contributed by atoms with Crippen molar-refractivity contribution in [2.45, 2.75) is 40.2 Å². The highest BCUT2D eigenvalue weighted by atomic mass is 16.5. The maximum atomic E-state index is 9.60. The van der Waals surface area contributed by atoms with E-state index in [1.807, 2.05) is 48.7 Å². The van der Waals surface area contributed by atoms with Gasteiger partial charge in [-0.15, -0.1) is 0 Å². The first kappa shape index (κ1) is 17.5. The van der Waals surface area contributed by atoms with Crippen LogP contribution in [0.5, 0.6) is 0 Å². The van der Waals surface area contributed by atoms with Crippen LogP contribution in [0.4, 0.5) is 0 Å². The zero-order valence-corrected chi connectivity index (χ0v) is 9.39. The Labute approximate surface area is 76.5 Å². The molecule has 0 bridgehead atoms. The van der Waals surface area contributed by atoms with E-state index >= 15 is 0 Å². The van der Waals surface area contributed by atoms with Crippen molar-refractivity contribution in [2.24, 2.45) is 0 Å². The number of nitrogens with one attached hydrogen (secondary N) is 1. The van der Waals surface area contributed by atoms with Crippen molar-refractivity contribution in [1.82, 2.24) is 5.32 Å². The second-order valence-corrected chi connectivity index (χ2v) is 2.83. The van der Waals surface area contributed by atoms with Gasteiger partial charge in [-0.2, -0.15) is 0 Å². The molecular formula is C9H23NO2. The molecule has 0 saturated heterocycles. The molecule has 0 fully saturated rings. The van der Waals surface area contributed by atoms with E-state index < -0.39 is 0 Å². The molecule has 3 nitrogen and oxygen atoms in total. The fourth-order valence-corrected chi connectivity index (χ4v) is 0.144. The number of rotatable bonds is 1. The molecule has 0 radical (unpaired) electrons. The summed E-state index contributed by atoms with van der Waals surface area (Å²) < 4.78 is 4.55. The van der Waals surface area contributed by atoms with Crippen LogP contribution in [-0.4, -0.2) is 26.2 Å². The molecule has 12 heavy (non-hydrogen) atoms. The summed E-state index contributed by atoms with van der Waals surface area (Å²) in [6, 6.07) is 0. The predicted octanol–water partition coefficient (Wildman–Crippen LogP) is 1.82. The van der Waals surface area contributed by atoms with E-state index in [9.17, 15) is 4.79 Å². The Balaban J connectivity index is -0.000000137. The molecule has 0 aliphatic heterocycles. The first-order chi connectivity index (χ1) is 5.47. The first-order valence-corrected chi connectivity index (χ1v) is 4.18. The fourth-order valence-electron chi connectivity index (χ4n) is 0.144. The number of hydrogen-bond acceptors (Lipinski definition) is 3. The van der Waals surface area contributed by atoms with E-state index in [0.29, 0.717) is 6.47 Å². The highest BCUT2D eigenvalue weighted by molar-refractivity contribution is 5.37. The summed E-state index contributed by atoms with van der Waals surface area (Å²) in [5, 5.41) is 2.75. The molecule has 3 heteroatoms. The SMILES string of the molecule is CC.CC(C)(C)OC=O.CNC. The molecule has 0 aliphatic rings. The van der Waals surface area contributed by atoms with E-state index in [4.69, 9.17) is 0 Å². The topological polar surface area (TPSA) is 38.3 Å². The van der Waals surface area contributed by atoms with Crippen LogP contribution < -0.4 is 5.32 Å². The van der Waals surface area contributed by atoms with Crippen molar-refractivity contribution in [2.75, 3.05) is 14.1 Å². The lowest BCUT2D eigenvalue weighted by Crippen LogP contribution is -2.17. The molecule has 0 unspecified atom stereocenters. The maximum absolute atomic E-state index is 9.60. The molecule has 0 aromatic rings. The van der Waals surface area contributed by atoms with Gasteiger partial charge in [0.2, 0.25) is 0 Å². The summed E-state index contributed by atoms with van der Waals surface area (Å²) >= 11 is 0. The van der Waals surface area contributed by atoms with Gasteiger partial charge in [-0.1, -0.05) is 13.8 Å². The van der Waals surface area contributed by atoms with Gasteiger partial charge in [0.05, 0.1) is 0 Å². The smallest absolute Gasteiger partial charge is 0.293 e. The molecule has 0 amide bonds. The Morgan fingerprint density at radius 2 is 1.42 bits per heavy atom. The molecule has 0 atom stereocenters. The van der Waals surface area contributed by atoms with E-state index in [1.54, 1.807) is 0 Å². The van der Waals surface area contributed by atoms with E-state index in [-0.39, 0.29) is 5.60 Å². The van der Waals surface area contributed by atoms with Gasteiger partial charge in [0.15, 0.2) is 0 Å². The second-order valence-electron chi connectivity index (χ2n) is 2.83. The zero-order chi connectivity index (χ0) is 10.6. The van der Waals surface area contributed by atoms with Gasteiger partial charge in [-0.25, -0.2) is 0 Å². The van der Waals surface area contributed by atoms with Crippen LogP contribution in [0.1, 0.15) is 34.6 Å². The first-order valence-electron chi connectivity index (χ1n) is 4.18. The fraction of sp³-hybridized carbons (Fsp3) is 0.889. The minimum Gasteiger partial charge on any atom is -0.462 e. The quantitative estimate of drug-likeness (QED) is 0.621. The van der Waals surface area contributed by atoms with Crippen LogP contribution in [0, 0.1) is 0 Å². The summed E-state index contributed by atoms with van der Waals surface area (Å²) in [5.74, 6) is 0. The molecular weight excluding hydrogens is 154 g/mol. The minimum atomic E-state index is -0.318. The summed E-state index contributed by atoms with van der Waals surface area (Å²) in [7, 11) is 3.75. The third-order valence-electron chi connectivity index (χ3n) is 0.402. The van der Waals surface area contributed by atoms with Crippen molar-refractivity contribution in [3.63, 3.8) is 0 Å². The highest BCUT2D eigenvalue weighted by Gasteiger charge is 2.07. The van der Waals surface area contributed by atoms with Gasteiger partial charge in [0.25, 0.3) is 6.47 Å². The third-order valence-corrected chi connectivity index (χ3v) is 0.402. The average molecular weight is 177 g/mol. The van der Waals surface area contributed by atoms with Gasteiger partial charge in [0, 0.05) is 0 Å².